The van der Waals surface area contributed by atoms with E-state index in [1.165, 1.54) is 24.3 Å². The van der Waals surface area contributed by atoms with Crippen LogP contribution in [0.5, 0.6) is 0 Å². The summed E-state index contributed by atoms with van der Waals surface area (Å²) in [5, 5.41) is 1.85. The van der Waals surface area contributed by atoms with E-state index in [0.717, 1.165) is 0 Å². The summed E-state index contributed by atoms with van der Waals surface area (Å²) in [6.45, 7) is 4.96. The molecule has 0 aliphatic heterocycles. The second-order valence-corrected chi connectivity index (χ2v) is 5.57. The highest BCUT2D eigenvalue weighted by Crippen LogP contribution is 2.33. The van der Waals surface area contributed by atoms with Crippen molar-refractivity contribution in [2.45, 2.75) is 45.1 Å². The molecule has 0 aliphatic carbocycles. The lowest BCUT2D eigenvalue weighted by Gasteiger charge is -2.25. The number of benzene rings is 1. The average molecular weight is 304 g/mol. The number of rotatable bonds is 3. The van der Waals surface area contributed by atoms with E-state index < -0.39 is 23.9 Å². The average Bonchev–Trinajstić information content (AvgIpc) is 2.33. The lowest BCUT2D eigenvalue weighted by atomic mass is 10.0. The molecule has 1 rings (SSSR count). The predicted octanol–water partition coefficient (Wildman–Crippen LogP) is 3.27. The fourth-order valence-electron chi connectivity index (χ4n) is 1.63. The van der Waals surface area contributed by atoms with Crippen LogP contribution in [0.1, 0.15) is 37.9 Å². The number of carbonyl (C=O) groups excluding carboxylic acids is 1. The molecule has 0 bridgehead atoms. The number of carbonyl (C=O) groups is 1. The first kappa shape index (κ1) is 17.3. The van der Waals surface area contributed by atoms with Crippen LogP contribution in [0, 0.1) is 0 Å². The summed E-state index contributed by atoms with van der Waals surface area (Å²) in [4.78, 5) is 11.6. The monoisotopic (exact) mass is 304 g/mol. The Labute approximate surface area is 121 Å². The van der Waals surface area contributed by atoms with Crippen molar-refractivity contribution in [3.05, 3.63) is 35.4 Å². The fourth-order valence-corrected chi connectivity index (χ4v) is 1.63. The summed E-state index contributed by atoms with van der Waals surface area (Å²) >= 11 is 0. The van der Waals surface area contributed by atoms with E-state index in [4.69, 9.17) is 10.5 Å². The summed E-state index contributed by atoms with van der Waals surface area (Å²) < 4.78 is 44.1. The van der Waals surface area contributed by atoms with Crippen LogP contribution in [0.3, 0.4) is 0 Å². The molecule has 21 heavy (non-hydrogen) atoms. The van der Waals surface area contributed by atoms with Crippen LogP contribution < -0.4 is 11.1 Å². The molecule has 1 amide bonds. The van der Waals surface area contributed by atoms with Gasteiger partial charge in [0.15, 0.2) is 6.04 Å². The number of alkyl halides is 3. The molecule has 1 atom stereocenters. The third-order valence-corrected chi connectivity index (χ3v) is 2.54. The number of halogens is 3. The number of ether oxygens (including phenoxy) is 1. The lowest BCUT2D eigenvalue weighted by molar-refractivity contribution is -0.156. The number of hydrogen-bond donors (Lipinski definition) is 2. The number of amides is 1. The van der Waals surface area contributed by atoms with Crippen molar-refractivity contribution in [3.8, 4) is 0 Å². The summed E-state index contributed by atoms with van der Waals surface area (Å²) in [6, 6.07) is 3.43. The van der Waals surface area contributed by atoms with Gasteiger partial charge in [-0.1, -0.05) is 24.3 Å². The van der Waals surface area contributed by atoms with E-state index in [1.807, 2.05) is 5.32 Å². The summed E-state index contributed by atoms with van der Waals surface area (Å²) in [7, 11) is 0. The molecule has 1 aromatic rings. The lowest BCUT2D eigenvalue weighted by Crippen LogP contribution is -2.41. The highest BCUT2D eigenvalue weighted by atomic mass is 19.4. The Kier molecular flexibility index (Phi) is 5.22. The number of nitrogens with one attached hydrogen (secondary N) is 1. The second-order valence-electron chi connectivity index (χ2n) is 5.57. The van der Waals surface area contributed by atoms with E-state index in [-0.39, 0.29) is 12.1 Å². The minimum absolute atomic E-state index is 0.0782. The van der Waals surface area contributed by atoms with E-state index >= 15 is 0 Å². The summed E-state index contributed by atoms with van der Waals surface area (Å²) in [6.07, 6.45) is -5.74. The number of nitrogens with two attached hydrogens (primary N) is 1. The van der Waals surface area contributed by atoms with E-state index in [0.29, 0.717) is 5.56 Å². The molecule has 0 heterocycles. The topological polar surface area (TPSA) is 64.3 Å². The van der Waals surface area contributed by atoms with Gasteiger partial charge in [0.1, 0.15) is 5.60 Å². The molecular weight excluding hydrogens is 285 g/mol. The first-order valence-electron chi connectivity index (χ1n) is 6.38. The van der Waals surface area contributed by atoms with Crippen molar-refractivity contribution in [1.29, 1.82) is 0 Å². The largest absolute Gasteiger partial charge is 0.444 e. The van der Waals surface area contributed by atoms with Gasteiger partial charge in [-0.05, 0) is 31.9 Å². The van der Waals surface area contributed by atoms with Crippen molar-refractivity contribution >= 4 is 6.09 Å². The van der Waals surface area contributed by atoms with Crippen LogP contribution in [0.25, 0.3) is 0 Å². The molecule has 0 saturated heterocycles. The highest BCUT2D eigenvalue weighted by molar-refractivity contribution is 5.68. The van der Waals surface area contributed by atoms with Crippen LogP contribution in [-0.2, 0) is 11.3 Å². The van der Waals surface area contributed by atoms with Gasteiger partial charge in [0, 0.05) is 6.54 Å². The zero-order valence-corrected chi connectivity index (χ0v) is 12.1. The highest BCUT2D eigenvalue weighted by Gasteiger charge is 2.42. The van der Waals surface area contributed by atoms with Gasteiger partial charge < -0.3 is 15.8 Å². The van der Waals surface area contributed by atoms with Crippen LogP contribution in [0.15, 0.2) is 24.3 Å². The molecule has 0 aliphatic rings. The molecule has 3 N–H and O–H groups in total. The van der Waals surface area contributed by atoms with Crippen molar-refractivity contribution in [2.75, 3.05) is 0 Å². The maximum atomic E-state index is 13.1. The van der Waals surface area contributed by atoms with Crippen molar-refractivity contribution in [3.63, 3.8) is 0 Å². The second kappa shape index (κ2) is 6.34. The third-order valence-electron chi connectivity index (χ3n) is 2.54. The fraction of sp³-hybridized carbons (Fsp3) is 0.500. The minimum Gasteiger partial charge on any atom is -0.444 e. The SMILES string of the molecule is CC(C)(C)OC(=O)NC(c1ccc(CN)cc1)C(F)(F)F. The van der Waals surface area contributed by atoms with Gasteiger partial charge in [0.2, 0.25) is 0 Å². The summed E-state index contributed by atoms with van der Waals surface area (Å²) in [5.41, 5.74) is 5.16. The molecule has 1 aromatic carbocycles. The van der Waals surface area contributed by atoms with Gasteiger partial charge in [0.05, 0.1) is 0 Å². The van der Waals surface area contributed by atoms with E-state index in [2.05, 4.69) is 0 Å². The van der Waals surface area contributed by atoms with Gasteiger partial charge in [-0.3, -0.25) is 0 Å². The molecule has 0 aromatic heterocycles. The van der Waals surface area contributed by atoms with Gasteiger partial charge in [0.25, 0.3) is 0 Å². The first-order valence-corrected chi connectivity index (χ1v) is 6.38. The van der Waals surface area contributed by atoms with Crippen LogP contribution in [0.4, 0.5) is 18.0 Å². The Hall–Kier alpha value is -1.76. The quantitative estimate of drug-likeness (QED) is 0.900. The normalized spacial score (nSPS) is 13.7. The van der Waals surface area contributed by atoms with Crippen LogP contribution in [0.2, 0.25) is 0 Å². The molecule has 4 nitrogen and oxygen atoms in total. The zero-order valence-electron chi connectivity index (χ0n) is 12.1. The van der Waals surface area contributed by atoms with Gasteiger partial charge in [-0.15, -0.1) is 0 Å². The maximum Gasteiger partial charge on any atom is 0.412 e. The Morgan fingerprint density at radius 2 is 1.76 bits per heavy atom. The Morgan fingerprint density at radius 1 is 1.24 bits per heavy atom. The predicted molar refractivity (Wildman–Crippen MR) is 72.5 cm³/mol. The van der Waals surface area contributed by atoms with Crippen molar-refractivity contribution in [2.24, 2.45) is 5.73 Å². The van der Waals surface area contributed by atoms with E-state index in [9.17, 15) is 18.0 Å². The first-order chi connectivity index (χ1) is 9.53. The van der Waals surface area contributed by atoms with E-state index in [1.54, 1.807) is 20.8 Å². The maximum absolute atomic E-state index is 13.1. The Morgan fingerprint density at radius 3 is 2.14 bits per heavy atom. The smallest absolute Gasteiger partial charge is 0.412 e. The third kappa shape index (κ3) is 5.63. The molecule has 0 radical (unpaired) electrons. The van der Waals surface area contributed by atoms with Crippen LogP contribution in [-0.4, -0.2) is 17.9 Å². The van der Waals surface area contributed by atoms with Crippen LogP contribution >= 0.6 is 0 Å². The minimum atomic E-state index is -4.62. The number of alkyl carbamates (subject to hydrolysis) is 1. The van der Waals surface area contributed by atoms with Gasteiger partial charge in [-0.25, -0.2) is 4.79 Å². The molecule has 0 spiro atoms. The molecule has 0 saturated carbocycles. The Balaban J connectivity index is 2.93. The van der Waals surface area contributed by atoms with Crippen molar-refractivity contribution in [1.82, 2.24) is 5.32 Å². The summed E-state index contributed by atoms with van der Waals surface area (Å²) in [5.74, 6) is 0. The molecular formula is C14H19F3N2O2. The molecule has 1 unspecified atom stereocenters. The molecule has 0 fully saturated rings. The number of hydrogen-bond acceptors (Lipinski definition) is 3. The van der Waals surface area contributed by atoms with Gasteiger partial charge >= 0.3 is 12.3 Å². The zero-order chi connectivity index (χ0) is 16.3. The molecule has 118 valence electrons. The Bertz CT molecular complexity index is 478. The molecule has 7 heteroatoms. The van der Waals surface area contributed by atoms with Crippen molar-refractivity contribution < 1.29 is 22.7 Å². The standard InChI is InChI=1S/C14H19F3N2O2/c1-13(2,3)21-12(20)19-11(14(15,16)17)10-6-4-9(8-18)5-7-10/h4-7,11H,8,18H2,1-3H3,(H,19,20). The van der Waals surface area contributed by atoms with Gasteiger partial charge in [-0.2, -0.15) is 13.2 Å².